The van der Waals surface area contributed by atoms with Gasteiger partial charge in [-0.25, -0.2) is 9.78 Å². The summed E-state index contributed by atoms with van der Waals surface area (Å²) < 4.78 is 37.6. The minimum absolute atomic E-state index is 0.308. The number of aromatic nitrogens is 3. The molecule has 0 unspecified atom stereocenters. The van der Waals surface area contributed by atoms with Gasteiger partial charge in [0.05, 0.1) is 5.52 Å². The molecule has 0 radical (unpaired) electrons. The molecule has 2 aromatic heterocycles. The van der Waals surface area contributed by atoms with Crippen LogP contribution in [0.2, 0.25) is 5.02 Å². The number of nitrogens with zero attached hydrogens (tertiary/aromatic N) is 3. The molecule has 0 aliphatic heterocycles. The minimum atomic E-state index is -5.08. The molecule has 7 nitrogen and oxygen atoms in total. The van der Waals surface area contributed by atoms with Gasteiger partial charge in [-0.15, -0.1) is 10.2 Å². The fraction of sp³-hybridized carbons (Fsp3) is 0.368. The van der Waals surface area contributed by atoms with E-state index in [-0.39, 0.29) is 0 Å². The molecule has 1 aromatic carbocycles. The normalized spacial score (nSPS) is 19.2. The summed E-state index contributed by atoms with van der Waals surface area (Å²) in [4.78, 5) is 13.5. The molecule has 1 fully saturated rings. The van der Waals surface area contributed by atoms with E-state index >= 15 is 0 Å². The van der Waals surface area contributed by atoms with Gasteiger partial charge in [0.2, 0.25) is 5.89 Å². The Bertz CT molecular complexity index is 1030. The topological polar surface area (TPSA) is 115 Å². The number of hydrogen-bond acceptors (Lipinski definition) is 6. The first kappa shape index (κ1) is 22.0. The maximum absolute atomic E-state index is 10.6. The van der Waals surface area contributed by atoms with Crippen LogP contribution in [0.5, 0.6) is 0 Å². The number of pyridine rings is 1. The summed E-state index contributed by atoms with van der Waals surface area (Å²) >= 11 is 6.00. The Morgan fingerprint density at radius 1 is 1.13 bits per heavy atom. The monoisotopic (exact) mass is 442 g/mol. The number of hydrogen-bond donors (Lipinski definition) is 2. The number of alkyl halides is 3. The van der Waals surface area contributed by atoms with Crippen molar-refractivity contribution in [1.82, 2.24) is 15.2 Å². The van der Waals surface area contributed by atoms with E-state index in [0.29, 0.717) is 34.5 Å². The molecule has 0 saturated heterocycles. The average Bonchev–Trinajstić information content (AvgIpc) is 3.18. The largest absolute Gasteiger partial charge is 0.490 e. The summed E-state index contributed by atoms with van der Waals surface area (Å²) in [6, 6.07) is 9.76. The predicted octanol–water partition coefficient (Wildman–Crippen LogP) is 4.56. The number of carboxylic acid groups (broad SMARTS) is 1. The van der Waals surface area contributed by atoms with Gasteiger partial charge in [-0.3, -0.25) is 0 Å². The highest BCUT2D eigenvalue weighted by Gasteiger charge is 2.38. The van der Waals surface area contributed by atoms with E-state index in [9.17, 15) is 13.2 Å². The molecule has 160 valence electrons. The second-order valence-electron chi connectivity index (χ2n) is 6.89. The van der Waals surface area contributed by atoms with Crippen molar-refractivity contribution in [2.75, 3.05) is 0 Å². The first-order chi connectivity index (χ1) is 14.1. The van der Waals surface area contributed by atoms with E-state index in [1.165, 1.54) is 0 Å². The summed E-state index contributed by atoms with van der Waals surface area (Å²) in [5.41, 5.74) is 7.49. The van der Waals surface area contributed by atoms with Crippen molar-refractivity contribution in [3.8, 4) is 11.6 Å². The van der Waals surface area contributed by atoms with Crippen LogP contribution in [0, 0.1) is 0 Å². The number of halogens is 4. The van der Waals surface area contributed by atoms with E-state index in [4.69, 9.17) is 31.7 Å². The fourth-order valence-electron chi connectivity index (χ4n) is 3.08. The minimum Gasteiger partial charge on any atom is -0.475 e. The zero-order valence-corrected chi connectivity index (χ0v) is 16.3. The lowest BCUT2D eigenvalue weighted by atomic mass is 9.86. The van der Waals surface area contributed by atoms with Crippen LogP contribution < -0.4 is 5.73 Å². The second kappa shape index (κ2) is 8.97. The van der Waals surface area contributed by atoms with E-state index in [1.54, 1.807) is 0 Å². The molecule has 0 amide bonds. The molecule has 1 saturated carbocycles. The lowest BCUT2D eigenvalue weighted by Gasteiger charge is -2.23. The maximum Gasteiger partial charge on any atom is 0.490 e. The number of rotatable bonds is 2. The molecular weight excluding hydrogens is 425 g/mol. The number of aliphatic carboxylic acids is 1. The average molecular weight is 443 g/mol. The number of fused-ring (bicyclic) bond motifs is 1. The van der Waals surface area contributed by atoms with Gasteiger partial charge in [0.1, 0.15) is 5.69 Å². The molecule has 4 rings (SSSR count). The zero-order chi connectivity index (χ0) is 21.9. The van der Waals surface area contributed by atoms with Gasteiger partial charge >= 0.3 is 12.1 Å². The SMILES string of the molecule is N[C@H]1CC[C@H](c2nnc(-c3ccc4cc(Cl)ccc4n3)o2)CC1.O=C(O)C(F)(F)F. The number of benzene rings is 1. The molecule has 3 aromatic rings. The Labute approximate surface area is 174 Å². The number of carbonyl (C=O) groups is 1. The van der Waals surface area contributed by atoms with Gasteiger partial charge in [-0.1, -0.05) is 17.7 Å². The highest BCUT2D eigenvalue weighted by atomic mass is 35.5. The smallest absolute Gasteiger partial charge is 0.475 e. The molecule has 0 spiro atoms. The summed E-state index contributed by atoms with van der Waals surface area (Å²) in [5, 5.41) is 17.2. The Balaban J connectivity index is 0.000000318. The van der Waals surface area contributed by atoms with E-state index in [1.807, 2.05) is 30.3 Å². The van der Waals surface area contributed by atoms with Crippen molar-refractivity contribution in [2.24, 2.45) is 5.73 Å². The number of carboxylic acids is 1. The van der Waals surface area contributed by atoms with Crippen LogP contribution in [0.25, 0.3) is 22.5 Å². The van der Waals surface area contributed by atoms with Crippen molar-refractivity contribution in [2.45, 2.75) is 43.8 Å². The lowest BCUT2D eigenvalue weighted by Crippen LogP contribution is -2.25. The van der Waals surface area contributed by atoms with Gasteiger partial charge in [0.25, 0.3) is 5.89 Å². The van der Waals surface area contributed by atoms with Gasteiger partial charge in [-0.2, -0.15) is 13.2 Å². The molecule has 0 atom stereocenters. The third-order valence-electron chi connectivity index (χ3n) is 4.67. The van der Waals surface area contributed by atoms with Crippen LogP contribution in [0.1, 0.15) is 37.5 Å². The third-order valence-corrected chi connectivity index (χ3v) is 4.91. The summed E-state index contributed by atoms with van der Waals surface area (Å²) in [6.45, 7) is 0. The van der Waals surface area contributed by atoms with Gasteiger partial charge in [-0.05, 0) is 49.9 Å². The van der Waals surface area contributed by atoms with Crippen LogP contribution in [-0.4, -0.2) is 38.5 Å². The summed E-state index contributed by atoms with van der Waals surface area (Å²) in [7, 11) is 0. The molecule has 2 heterocycles. The molecule has 1 aliphatic carbocycles. The van der Waals surface area contributed by atoms with Crippen molar-refractivity contribution in [3.05, 3.63) is 41.2 Å². The Morgan fingerprint density at radius 2 is 1.80 bits per heavy atom. The molecule has 1 aliphatic rings. The number of nitrogens with two attached hydrogens (primary N) is 1. The standard InChI is InChI=1S/C17H17ClN4O.C2HF3O2/c18-12-4-8-14-11(9-12)3-7-15(20-14)17-22-21-16(23-17)10-1-5-13(19)6-2-10;3-2(4,5)1(6)7/h3-4,7-10,13H,1-2,5-6,19H2;(H,6,7)/t10-,13-;. The van der Waals surface area contributed by atoms with Gasteiger partial charge in [0, 0.05) is 22.4 Å². The highest BCUT2D eigenvalue weighted by molar-refractivity contribution is 6.31. The van der Waals surface area contributed by atoms with Crippen LogP contribution in [0.15, 0.2) is 34.7 Å². The Morgan fingerprint density at radius 3 is 2.43 bits per heavy atom. The molecular formula is C19H18ClF3N4O3. The van der Waals surface area contributed by atoms with E-state index < -0.39 is 12.1 Å². The van der Waals surface area contributed by atoms with Gasteiger partial charge < -0.3 is 15.3 Å². The van der Waals surface area contributed by atoms with Crippen LogP contribution in [0.4, 0.5) is 13.2 Å². The van der Waals surface area contributed by atoms with Crippen molar-refractivity contribution in [3.63, 3.8) is 0 Å². The lowest BCUT2D eigenvalue weighted by molar-refractivity contribution is -0.192. The maximum atomic E-state index is 10.6. The Hall–Kier alpha value is -2.72. The summed E-state index contributed by atoms with van der Waals surface area (Å²) in [5.74, 6) is -1.28. The third kappa shape index (κ3) is 5.45. The van der Waals surface area contributed by atoms with Crippen molar-refractivity contribution in [1.29, 1.82) is 0 Å². The fourth-order valence-corrected chi connectivity index (χ4v) is 3.27. The van der Waals surface area contributed by atoms with Crippen molar-refractivity contribution < 1.29 is 27.5 Å². The zero-order valence-electron chi connectivity index (χ0n) is 15.6. The highest BCUT2D eigenvalue weighted by Crippen LogP contribution is 2.32. The second-order valence-corrected chi connectivity index (χ2v) is 7.33. The van der Waals surface area contributed by atoms with Crippen LogP contribution in [0.3, 0.4) is 0 Å². The van der Waals surface area contributed by atoms with E-state index in [0.717, 1.165) is 36.6 Å². The van der Waals surface area contributed by atoms with Gasteiger partial charge in [0.15, 0.2) is 0 Å². The van der Waals surface area contributed by atoms with Crippen LogP contribution in [-0.2, 0) is 4.79 Å². The molecule has 3 N–H and O–H groups in total. The first-order valence-electron chi connectivity index (χ1n) is 9.09. The quantitative estimate of drug-likeness (QED) is 0.597. The van der Waals surface area contributed by atoms with Crippen molar-refractivity contribution >= 4 is 28.5 Å². The van der Waals surface area contributed by atoms with Crippen LogP contribution >= 0.6 is 11.6 Å². The molecule has 30 heavy (non-hydrogen) atoms. The summed E-state index contributed by atoms with van der Waals surface area (Å²) in [6.07, 6.45) is -1.05. The van der Waals surface area contributed by atoms with E-state index in [2.05, 4.69) is 15.2 Å². The molecule has 11 heteroatoms. The first-order valence-corrected chi connectivity index (χ1v) is 9.47. The predicted molar refractivity (Wildman–Crippen MR) is 103 cm³/mol. The Kier molecular flexibility index (Phi) is 6.57. The molecule has 0 bridgehead atoms.